The van der Waals surface area contributed by atoms with Crippen LogP contribution in [0, 0.1) is 11.6 Å². The molecule has 3 rings (SSSR count). The molecule has 5 nitrogen and oxygen atoms in total. The van der Waals surface area contributed by atoms with E-state index in [-0.39, 0.29) is 5.69 Å². The Balaban J connectivity index is 1.55. The molecule has 0 unspecified atom stereocenters. The quantitative estimate of drug-likeness (QED) is 0.710. The van der Waals surface area contributed by atoms with E-state index in [0.29, 0.717) is 11.3 Å². The number of aliphatic imine (C=N–C) groups is 1. The fourth-order valence-electron chi connectivity index (χ4n) is 2.37. The van der Waals surface area contributed by atoms with E-state index in [9.17, 15) is 18.4 Å². The number of anilines is 1. The second-order valence-corrected chi connectivity index (χ2v) is 8.00. The Labute approximate surface area is 168 Å². The molecule has 0 atom stereocenters. The molecular weight excluding hydrogens is 406 g/mol. The first-order valence-corrected chi connectivity index (χ1v) is 10.3. The summed E-state index contributed by atoms with van der Waals surface area (Å²) in [5.41, 5.74) is 1.24. The zero-order chi connectivity index (χ0) is 19.9. The molecule has 146 valence electrons. The molecule has 0 fully saturated rings. The number of ether oxygens (including phenoxy) is 1. The van der Waals surface area contributed by atoms with Gasteiger partial charge in [-0.15, -0.1) is 0 Å². The molecule has 0 aromatic heterocycles. The van der Waals surface area contributed by atoms with Gasteiger partial charge in [-0.25, -0.2) is 13.6 Å². The Hall–Kier alpha value is -2.39. The normalized spacial score (nSPS) is 13.1. The average molecular weight is 422 g/mol. The Bertz CT molecular complexity index is 922. The van der Waals surface area contributed by atoms with Gasteiger partial charge in [0, 0.05) is 23.3 Å². The topological polar surface area (TPSA) is 67.8 Å². The lowest BCUT2D eigenvalue weighted by atomic mass is 10.1. The van der Waals surface area contributed by atoms with Gasteiger partial charge < -0.3 is 10.1 Å². The Morgan fingerprint density at radius 2 is 2.00 bits per heavy atom. The number of hydrogen-bond donors (Lipinski definition) is 1. The summed E-state index contributed by atoms with van der Waals surface area (Å²) in [6, 6.07) is 9.97. The highest BCUT2D eigenvalue weighted by Gasteiger charge is 2.16. The maximum absolute atomic E-state index is 13.2. The van der Waals surface area contributed by atoms with Gasteiger partial charge in [0.15, 0.2) is 18.2 Å². The van der Waals surface area contributed by atoms with Crippen molar-refractivity contribution in [3.8, 4) is 0 Å². The standard InChI is InChI=1S/C19H16F2N2O3S2/c20-15-6-5-13(9-16(15)21)23-17(24)10-26-18(25)14-4-2-1-3-12(14)11-28-19-22-7-8-27-19/h1-6,9H,7-8,10-11H2,(H,23,24). The first-order chi connectivity index (χ1) is 13.5. The van der Waals surface area contributed by atoms with Crippen LogP contribution in [0.3, 0.4) is 0 Å². The zero-order valence-corrected chi connectivity index (χ0v) is 16.2. The van der Waals surface area contributed by atoms with Gasteiger partial charge in [-0.3, -0.25) is 9.79 Å². The number of carbonyl (C=O) groups is 2. The van der Waals surface area contributed by atoms with Gasteiger partial charge >= 0.3 is 5.97 Å². The predicted octanol–water partition coefficient (Wildman–Crippen LogP) is 4.10. The minimum atomic E-state index is -1.08. The molecule has 0 bridgehead atoms. The Morgan fingerprint density at radius 3 is 2.75 bits per heavy atom. The molecule has 1 aliphatic rings. The average Bonchev–Trinajstić information content (AvgIpc) is 3.21. The van der Waals surface area contributed by atoms with E-state index in [1.807, 2.05) is 12.1 Å². The molecule has 0 aliphatic carbocycles. The minimum absolute atomic E-state index is 0.0755. The van der Waals surface area contributed by atoms with Crippen LogP contribution < -0.4 is 5.32 Å². The van der Waals surface area contributed by atoms with Crippen molar-refractivity contribution < 1.29 is 23.1 Å². The van der Waals surface area contributed by atoms with Crippen molar-refractivity contribution in [3.63, 3.8) is 0 Å². The molecule has 2 aromatic rings. The maximum Gasteiger partial charge on any atom is 0.338 e. The van der Waals surface area contributed by atoms with Crippen LogP contribution in [0.1, 0.15) is 15.9 Å². The predicted molar refractivity (Wildman–Crippen MR) is 108 cm³/mol. The molecule has 0 radical (unpaired) electrons. The summed E-state index contributed by atoms with van der Waals surface area (Å²) < 4.78 is 32.1. The second kappa shape index (κ2) is 9.70. The summed E-state index contributed by atoms with van der Waals surface area (Å²) in [5, 5.41) is 2.35. The smallest absolute Gasteiger partial charge is 0.338 e. The van der Waals surface area contributed by atoms with E-state index in [1.165, 1.54) is 6.07 Å². The van der Waals surface area contributed by atoms with Crippen molar-refractivity contribution in [1.29, 1.82) is 0 Å². The van der Waals surface area contributed by atoms with E-state index in [1.54, 1.807) is 35.7 Å². The van der Waals surface area contributed by atoms with Gasteiger partial charge in [0.05, 0.1) is 12.1 Å². The molecule has 1 N–H and O–H groups in total. The van der Waals surface area contributed by atoms with Crippen LogP contribution >= 0.6 is 23.5 Å². The molecule has 2 aromatic carbocycles. The van der Waals surface area contributed by atoms with Crippen molar-refractivity contribution in [2.45, 2.75) is 5.75 Å². The lowest BCUT2D eigenvalue weighted by molar-refractivity contribution is -0.119. The number of nitrogens with one attached hydrogen (secondary N) is 1. The van der Waals surface area contributed by atoms with Crippen molar-refractivity contribution in [2.24, 2.45) is 4.99 Å². The highest BCUT2D eigenvalue weighted by molar-refractivity contribution is 8.38. The molecular formula is C19H16F2N2O3S2. The highest BCUT2D eigenvalue weighted by Crippen LogP contribution is 2.26. The summed E-state index contributed by atoms with van der Waals surface area (Å²) in [5.74, 6) is -1.83. The summed E-state index contributed by atoms with van der Waals surface area (Å²) in [4.78, 5) is 28.6. The van der Waals surface area contributed by atoms with Gasteiger partial charge in [-0.2, -0.15) is 0 Å². The van der Waals surface area contributed by atoms with Crippen LogP contribution in [0.5, 0.6) is 0 Å². The van der Waals surface area contributed by atoms with Crippen molar-refractivity contribution in [3.05, 3.63) is 65.2 Å². The molecule has 0 saturated carbocycles. The van der Waals surface area contributed by atoms with Gasteiger partial charge in [-0.05, 0) is 23.8 Å². The number of esters is 1. The first-order valence-electron chi connectivity index (χ1n) is 8.33. The van der Waals surface area contributed by atoms with Crippen LogP contribution in [0.2, 0.25) is 0 Å². The second-order valence-electron chi connectivity index (χ2n) is 5.70. The van der Waals surface area contributed by atoms with Crippen LogP contribution in [-0.2, 0) is 15.3 Å². The molecule has 1 amide bonds. The van der Waals surface area contributed by atoms with Gasteiger partial charge in [-0.1, -0.05) is 41.7 Å². The highest BCUT2D eigenvalue weighted by atomic mass is 32.2. The minimum Gasteiger partial charge on any atom is -0.452 e. The van der Waals surface area contributed by atoms with Crippen LogP contribution in [-0.4, -0.2) is 35.2 Å². The third kappa shape index (κ3) is 5.56. The summed E-state index contributed by atoms with van der Waals surface area (Å²) >= 11 is 3.24. The summed E-state index contributed by atoms with van der Waals surface area (Å²) in [6.07, 6.45) is 0. The van der Waals surface area contributed by atoms with Gasteiger partial charge in [0.2, 0.25) is 0 Å². The number of thioether (sulfide) groups is 2. The molecule has 9 heteroatoms. The molecule has 1 aliphatic heterocycles. The molecule has 0 spiro atoms. The lowest BCUT2D eigenvalue weighted by Crippen LogP contribution is -2.21. The van der Waals surface area contributed by atoms with E-state index >= 15 is 0 Å². The largest absolute Gasteiger partial charge is 0.452 e. The number of carbonyl (C=O) groups excluding carboxylic acids is 2. The zero-order valence-electron chi connectivity index (χ0n) is 14.6. The maximum atomic E-state index is 13.2. The van der Waals surface area contributed by atoms with E-state index in [2.05, 4.69) is 10.3 Å². The molecule has 0 saturated heterocycles. The van der Waals surface area contributed by atoms with Crippen LogP contribution in [0.4, 0.5) is 14.5 Å². The summed E-state index contributed by atoms with van der Waals surface area (Å²) in [7, 11) is 0. The third-order valence-corrected chi connectivity index (χ3v) is 5.99. The number of rotatable bonds is 6. The monoisotopic (exact) mass is 422 g/mol. The number of hydrogen-bond acceptors (Lipinski definition) is 6. The molecule has 1 heterocycles. The van der Waals surface area contributed by atoms with Crippen LogP contribution in [0.25, 0.3) is 0 Å². The van der Waals surface area contributed by atoms with Crippen molar-refractivity contribution in [2.75, 3.05) is 24.2 Å². The summed E-state index contributed by atoms with van der Waals surface area (Å²) in [6.45, 7) is 0.269. The molecule has 28 heavy (non-hydrogen) atoms. The van der Waals surface area contributed by atoms with E-state index in [4.69, 9.17) is 4.74 Å². The van der Waals surface area contributed by atoms with E-state index in [0.717, 1.165) is 34.4 Å². The van der Waals surface area contributed by atoms with Gasteiger partial charge in [0.25, 0.3) is 5.91 Å². The Morgan fingerprint density at radius 1 is 1.18 bits per heavy atom. The SMILES string of the molecule is O=C(COC(=O)c1ccccc1CSC1=NCCS1)Nc1ccc(F)c(F)c1. The number of amides is 1. The third-order valence-electron chi connectivity index (χ3n) is 3.68. The van der Waals surface area contributed by atoms with E-state index < -0.39 is 30.1 Å². The Kier molecular flexibility index (Phi) is 7.05. The number of benzene rings is 2. The van der Waals surface area contributed by atoms with Gasteiger partial charge in [0.1, 0.15) is 4.38 Å². The van der Waals surface area contributed by atoms with Crippen LogP contribution in [0.15, 0.2) is 47.5 Å². The van der Waals surface area contributed by atoms with Crippen molar-refractivity contribution >= 4 is 45.5 Å². The number of halogens is 2. The fraction of sp³-hybridized carbons (Fsp3) is 0.211. The number of nitrogens with zero attached hydrogens (tertiary/aromatic N) is 1. The lowest BCUT2D eigenvalue weighted by Gasteiger charge is -2.10. The fourth-order valence-corrected chi connectivity index (χ4v) is 4.38. The first kappa shape index (κ1) is 20.3. The van der Waals surface area contributed by atoms with Crippen molar-refractivity contribution in [1.82, 2.24) is 0 Å².